The summed E-state index contributed by atoms with van der Waals surface area (Å²) in [4.78, 5) is 16.4. The number of carbonyl (C=O) groups excluding carboxylic acids is 1. The number of ether oxygens (including phenoxy) is 1. The molecule has 0 radical (unpaired) electrons. The Morgan fingerprint density at radius 3 is 2.90 bits per heavy atom. The first kappa shape index (κ1) is 14.6. The van der Waals surface area contributed by atoms with Crippen molar-refractivity contribution in [2.24, 2.45) is 5.73 Å². The standard InChI is InChI=1S/C16H15N3O2/c1-21-14-8-2-5-12(11-14)16(20)19-15-9-3-6-13(18-15)7-4-10-17/h2-3,5-6,8-9,11H,10,17H2,1H3,(H,18,19,20). The van der Waals surface area contributed by atoms with Crippen LogP contribution in [0.25, 0.3) is 0 Å². The molecule has 0 spiro atoms. The zero-order valence-corrected chi connectivity index (χ0v) is 11.6. The Hall–Kier alpha value is -2.84. The van der Waals surface area contributed by atoms with Crippen molar-refractivity contribution in [3.05, 3.63) is 53.7 Å². The predicted octanol–water partition coefficient (Wildman–Crippen LogP) is 1.65. The quantitative estimate of drug-likeness (QED) is 0.839. The monoisotopic (exact) mass is 281 g/mol. The zero-order chi connectivity index (χ0) is 15.1. The summed E-state index contributed by atoms with van der Waals surface area (Å²) in [7, 11) is 1.55. The molecule has 2 rings (SSSR count). The van der Waals surface area contributed by atoms with Crippen molar-refractivity contribution in [2.75, 3.05) is 19.0 Å². The molecule has 0 aliphatic carbocycles. The van der Waals surface area contributed by atoms with Crippen LogP contribution < -0.4 is 15.8 Å². The van der Waals surface area contributed by atoms with Crippen LogP contribution in [0.4, 0.5) is 5.82 Å². The van der Waals surface area contributed by atoms with E-state index in [1.165, 1.54) is 0 Å². The molecule has 0 saturated heterocycles. The van der Waals surface area contributed by atoms with Gasteiger partial charge >= 0.3 is 0 Å². The maximum atomic E-state index is 12.1. The number of benzene rings is 1. The van der Waals surface area contributed by atoms with Crippen molar-refractivity contribution in [3.63, 3.8) is 0 Å². The molecule has 5 nitrogen and oxygen atoms in total. The number of anilines is 1. The van der Waals surface area contributed by atoms with Gasteiger partial charge in [-0.3, -0.25) is 4.79 Å². The van der Waals surface area contributed by atoms with E-state index in [9.17, 15) is 4.79 Å². The Kier molecular flexibility index (Phi) is 4.91. The van der Waals surface area contributed by atoms with Crippen molar-refractivity contribution >= 4 is 11.7 Å². The molecule has 3 N–H and O–H groups in total. The highest BCUT2D eigenvalue weighted by atomic mass is 16.5. The fourth-order valence-corrected chi connectivity index (χ4v) is 1.67. The second kappa shape index (κ2) is 7.08. The lowest BCUT2D eigenvalue weighted by Gasteiger charge is -2.06. The van der Waals surface area contributed by atoms with Gasteiger partial charge in [0.1, 0.15) is 17.3 Å². The van der Waals surface area contributed by atoms with Crippen molar-refractivity contribution in [1.82, 2.24) is 4.98 Å². The van der Waals surface area contributed by atoms with Crippen LogP contribution in [-0.4, -0.2) is 24.5 Å². The van der Waals surface area contributed by atoms with E-state index >= 15 is 0 Å². The van der Waals surface area contributed by atoms with E-state index in [4.69, 9.17) is 10.5 Å². The van der Waals surface area contributed by atoms with Crippen molar-refractivity contribution in [3.8, 4) is 17.6 Å². The lowest BCUT2D eigenvalue weighted by atomic mass is 10.2. The molecule has 0 bridgehead atoms. The van der Waals surface area contributed by atoms with Gasteiger partial charge in [-0.15, -0.1) is 0 Å². The summed E-state index contributed by atoms with van der Waals surface area (Å²) in [6, 6.07) is 12.1. The third kappa shape index (κ3) is 4.06. The normalized spacial score (nSPS) is 9.43. The van der Waals surface area contributed by atoms with Crippen LogP contribution in [0.15, 0.2) is 42.5 Å². The molecule has 5 heteroatoms. The van der Waals surface area contributed by atoms with E-state index in [1.807, 2.05) is 0 Å². The van der Waals surface area contributed by atoms with Gasteiger partial charge in [-0.1, -0.05) is 18.1 Å². The Labute approximate surface area is 123 Å². The second-order valence-electron chi connectivity index (χ2n) is 4.10. The van der Waals surface area contributed by atoms with Crippen LogP contribution >= 0.6 is 0 Å². The van der Waals surface area contributed by atoms with Crippen LogP contribution in [0, 0.1) is 11.8 Å². The largest absolute Gasteiger partial charge is 0.497 e. The molecule has 2 aromatic rings. The third-order valence-corrected chi connectivity index (χ3v) is 2.64. The average molecular weight is 281 g/mol. The van der Waals surface area contributed by atoms with E-state index in [0.717, 1.165) is 0 Å². The van der Waals surface area contributed by atoms with Gasteiger partial charge in [0.05, 0.1) is 13.7 Å². The Morgan fingerprint density at radius 1 is 1.33 bits per heavy atom. The highest BCUT2D eigenvalue weighted by molar-refractivity contribution is 6.04. The van der Waals surface area contributed by atoms with Gasteiger partial charge in [-0.25, -0.2) is 4.98 Å². The Morgan fingerprint density at radius 2 is 2.14 bits per heavy atom. The van der Waals surface area contributed by atoms with Gasteiger partial charge in [0.15, 0.2) is 0 Å². The molecule has 0 unspecified atom stereocenters. The van der Waals surface area contributed by atoms with Crippen LogP contribution in [0.3, 0.4) is 0 Å². The van der Waals surface area contributed by atoms with Gasteiger partial charge in [0.25, 0.3) is 5.91 Å². The first-order valence-electron chi connectivity index (χ1n) is 6.34. The van der Waals surface area contributed by atoms with Crippen molar-refractivity contribution < 1.29 is 9.53 Å². The van der Waals surface area contributed by atoms with Crippen molar-refractivity contribution in [2.45, 2.75) is 0 Å². The van der Waals surface area contributed by atoms with E-state index in [1.54, 1.807) is 49.6 Å². The molecule has 1 aromatic heterocycles. The topological polar surface area (TPSA) is 77.2 Å². The minimum atomic E-state index is -0.259. The number of hydrogen-bond donors (Lipinski definition) is 2. The van der Waals surface area contributed by atoms with Crippen molar-refractivity contribution in [1.29, 1.82) is 0 Å². The smallest absolute Gasteiger partial charge is 0.256 e. The summed E-state index contributed by atoms with van der Waals surface area (Å²) in [5, 5.41) is 2.72. The van der Waals surface area contributed by atoms with Gasteiger partial charge in [0.2, 0.25) is 0 Å². The first-order chi connectivity index (χ1) is 10.2. The van der Waals surface area contributed by atoms with E-state index in [-0.39, 0.29) is 12.5 Å². The number of methoxy groups -OCH3 is 1. The minimum Gasteiger partial charge on any atom is -0.497 e. The summed E-state index contributed by atoms with van der Waals surface area (Å²) in [5.41, 5.74) is 6.37. The molecule has 0 fully saturated rings. The third-order valence-electron chi connectivity index (χ3n) is 2.64. The van der Waals surface area contributed by atoms with Crippen LogP contribution in [-0.2, 0) is 0 Å². The summed E-state index contributed by atoms with van der Waals surface area (Å²) in [5.74, 6) is 6.34. The fraction of sp³-hybridized carbons (Fsp3) is 0.125. The van der Waals surface area contributed by atoms with Gasteiger partial charge in [-0.2, -0.15) is 0 Å². The SMILES string of the molecule is COc1cccc(C(=O)Nc2cccc(C#CCN)n2)c1. The maximum absolute atomic E-state index is 12.1. The zero-order valence-electron chi connectivity index (χ0n) is 11.6. The maximum Gasteiger partial charge on any atom is 0.256 e. The fourth-order valence-electron chi connectivity index (χ4n) is 1.67. The number of pyridine rings is 1. The minimum absolute atomic E-state index is 0.259. The Bertz CT molecular complexity index is 702. The molecule has 1 amide bonds. The molecule has 0 atom stereocenters. The molecular weight excluding hydrogens is 266 g/mol. The summed E-state index contributed by atoms with van der Waals surface area (Å²) < 4.78 is 5.09. The summed E-state index contributed by atoms with van der Waals surface area (Å²) >= 11 is 0. The number of nitrogens with one attached hydrogen (secondary N) is 1. The number of nitrogens with zero attached hydrogens (tertiary/aromatic N) is 1. The number of rotatable bonds is 3. The molecule has 0 saturated carbocycles. The van der Waals surface area contributed by atoms with E-state index in [2.05, 4.69) is 22.1 Å². The number of aromatic nitrogens is 1. The second-order valence-corrected chi connectivity index (χ2v) is 4.10. The lowest BCUT2D eigenvalue weighted by Crippen LogP contribution is -2.13. The first-order valence-corrected chi connectivity index (χ1v) is 6.34. The molecule has 1 heterocycles. The molecule has 21 heavy (non-hydrogen) atoms. The summed E-state index contributed by atoms with van der Waals surface area (Å²) in [6.45, 7) is 0.266. The predicted molar refractivity (Wildman–Crippen MR) is 81.1 cm³/mol. The molecule has 0 aliphatic rings. The Balaban J connectivity index is 2.15. The van der Waals surface area contributed by atoms with E-state index in [0.29, 0.717) is 22.8 Å². The number of nitrogens with two attached hydrogens (primary N) is 1. The van der Waals surface area contributed by atoms with Crippen LogP contribution in [0.5, 0.6) is 5.75 Å². The van der Waals surface area contributed by atoms with Gasteiger partial charge < -0.3 is 15.8 Å². The molecule has 0 aliphatic heterocycles. The number of amides is 1. The lowest BCUT2D eigenvalue weighted by molar-refractivity contribution is 0.102. The van der Waals surface area contributed by atoms with E-state index < -0.39 is 0 Å². The van der Waals surface area contributed by atoms with Gasteiger partial charge in [0, 0.05) is 5.56 Å². The number of carbonyl (C=O) groups is 1. The molecule has 1 aromatic carbocycles. The highest BCUT2D eigenvalue weighted by Gasteiger charge is 2.07. The summed E-state index contributed by atoms with van der Waals surface area (Å²) in [6.07, 6.45) is 0. The molecule has 106 valence electrons. The van der Waals surface area contributed by atoms with Gasteiger partial charge in [-0.05, 0) is 36.3 Å². The number of hydrogen-bond acceptors (Lipinski definition) is 4. The van der Waals surface area contributed by atoms with Crippen LogP contribution in [0.2, 0.25) is 0 Å². The average Bonchev–Trinajstić information content (AvgIpc) is 2.53. The highest BCUT2D eigenvalue weighted by Crippen LogP contribution is 2.14. The van der Waals surface area contributed by atoms with Crippen LogP contribution in [0.1, 0.15) is 16.1 Å². The molecular formula is C16H15N3O2.